The van der Waals surface area contributed by atoms with Gasteiger partial charge in [0.1, 0.15) is 5.02 Å². The molecule has 0 atom stereocenters. The average Bonchev–Trinajstić information content (AvgIpc) is 2.40. The fourth-order valence-corrected chi connectivity index (χ4v) is 2.57. The summed E-state index contributed by atoms with van der Waals surface area (Å²) in [7, 11) is 1.81. The van der Waals surface area contributed by atoms with Crippen molar-refractivity contribution in [1.29, 1.82) is 0 Å². The van der Waals surface area contributed by atoms with Crippen LogP contribution >= 0.6 is 11.6 Å². The number of piperazine rings is 1. The Hall–Kier alpha value is -1.07. The van der Waals surface area contributed by atoms with E-state index < -0.39 is 0 Å². The molecule has 19 heavy (non-hydrogen) atoms. The lowest BCUT2D eigenvalue weighted by atomic mass is 10.2. The highest BCUT2D eigenvalue weighted by Crippen LogP contribution is 2.24. The van der Waals surface area contributed by atoms with Crippen molar-refractivity contribution in [1.82, 2.24) is 14.9 Å². The smallest absolute Gasteiger partial charge is 0.224 e. The number of nitrogens with zero attached hydrogens (tertiary/aromatic N) is 4. The number of rotatable bonds is 4. The van der Waals surface area contributed by atoms with Gasteiger partial charge in [0.2, 0.25) is 5.95 Å². The van der Waals surface area contributed by atoms with Gasteiger partial charge in [-0.1, -0.05) is 25.4 Å². The Bertz CT molecular complexity index is 415. The van der Waals surface area contributed by atoms with E-state index in [1.165, 1.54) is 0 Å². The van der Waals surface area contributed by atoms with Crippen LogP contribution in [0.4, 0.5) is 11.8 Å². The van der Waals surface area contributed by atoms with E-state index in [9.17, 15) is 0 Å². The molecule has 5 nitrogen and oxygen atoms in total. The normalized spacial score (nSPS) is 17.0. The zero-order chi connectivity index (χ0) is 13.8. The first kappa shape index (κ1) is 14.3. The summed E-state index contributed by atoms with van der Waals surface area (Å²) in [5.74, 6) is 2.17. The molecule has 1 aromatic rings. The van der Waals surface area contributed by atoms with E-state index >= 15 is 0 Å². The second kappa shape index (κ2) is 6.39. The van der Waals surface area contributed by atoms with Crippen molar-refractivity contribution >= 4 is 23.4 Å². The van der Waals surface area contributed by atoms with Crippen LogP contribution in [0.3, 0.4) is 0 Å². The van der Waals surface area contributed by atoms with Crippen molar-refractivity contribution in [2.75, 3.05) is 50.0 Å². The fraction of sp³-hybridized carbons (Fsp3) is 0.692. The molecule has 0 radical (unpaired) electrons. The molecule has 0 saturated carbocycles. The van der Waals surface area contributed by atoms with Gasteiger partial charge in [0.25, 0.3) is 0 Å². The molecule has 0 amide bonds. The maximum absolute atomic E-state index is 6.20. The van der Waals surface area contributed by atoms with Crippen LogP contribution in [0.25, 0.3) is 0 Å². The molecule has 106 valence electrons. The van der Waals surface area contributed by atoms with Gasteiger partial charge in [0, 0.05) is 39.8 Å². The number of anilines is 2. The van der Waals surface area contributed by atoms with Gasteiger partial charge in [-0.05, 0) is 5.92 Å². The molecule has 0 aromatic carbocycles. The summed E-state index contributed by atoms with van der Waals surface area (Å²) in [6.07, 6.45) is 1.66. The van der Waals surface area contributed by atoms with Crippen molar-refractivity contribution in [3.63, 3.8) is 0 Å². The van der Waals surface area contributed by atoms with E-state index in [1.807, 2.05) is 7.05 Å². The van der Waals surface area contributed by atoms with Gasteiger partial charge in [-0.2, -0.15) is 4.98 Å². The van der Waals surface area contributed by atoms with E-state index in [1.54, 1.807) is 6.20 Å². The third-order valence-electron chi connectivity index (χ3n) is 3.24. The van der Waals surface area contributed by atoms with Crippen molar-refractivity contribution < 1.29 is 0 Å². The quantitative estimate of drug-likeness (QED) is 0.915. The molecule has 1 aliphatic rings. The summed E-state index contributed by atoms with van der Waals surface area (Å²) in [4.78, 5) is 13.3. The SMILES string of the molecule is CNc1ncc(Cl)c(N2CCN(CC(C)C)CC2)n1. The number of halogens is 1. The maximum Gasteiger partial charge on any atom is 0.224 e. The lowest BCUT2D eigenvalue weighted by molar-refractivity contribution is 0.231. The Morgan fingerprint density at radius 1 is 1.32 bits per heavy atom. The summed E-state index contributed by atoms with van der Waals surface area (Å²) in [5.41, 5.74) is 0. The summed E-state index contributed by atoms with van der Waals surface area (Å²) >= 11 is 6.20. The Morgan fingerprint density at radius 3 is 2.58 bits per heavy atom. The molecular weight excluding hydrogens is 262 g/mol. The number of hydrogen-bond acceptors (Lipinski definition) is 5. The summed E-state index contributed by atoms with van der Waals surface area (Å²) < 4.78 is 0. The Balaban J connectivity index is 2.01. The first-order chi connectivity index (χ1) is 9.10. The summed E-state index contributed by atoms with van der Waals surface area (Å²) in [6, 6.07) is 0. The standard InChI is InChI=1S/C13H22ClN5/c1-10(2)9-18-4-6-19(7-5-18)12-11(14)8-16-13(15-3)17-12/h8,10H,4-7,9H2,1-3H3,(H,15,16,17). The zero-order valence-corrected chi connectivity index (χ0v) is 12.6. The number of aromatic nitrogens is 2. The topological polar surface area (TPSA) is 44.3 Å². The average molecular weight is 284 g/mol. The van der Waals surface area contributed by atoms with Gasteiger partial charge >= 0.3 is 0 Å². The molecule has 1 aliphatic heterocycles. The van der Waals surface area contributed by atoms with Gasteiger partial charge in [-0.3, -0.25) is 4.90 Å². The van der Waals surface area contributed by atoms with Crippen molar-refractivity contribution in [2.45, 2.75) is 13.8 Å². The highest BCUT2D eigenvalue weighted by Gasteiger charge is 2.20. The molecule has 2 rings (SSSR count). The summed E-state index contributed by atoms with van der Waals surface area (Å²) in [5, 5.41) is 3.57. The van der Waals surface area contributed by atoms with Crippen LogP contribution in [0.5, 0.6) is 0 Å². The highest BCUT2D eigenvalue weighted by molar-refractivity contribution is 6.32. The molecule has 2 heterocycles. The second-order valence-corrected chi connectivity index (χ2v) is 5.70. The van der Waals surface area contributed by atoms with Crippen LogP contribution in [-0.4, -0.2) is 54.6 Å². The van der Waals surface area contributed by atoms with Crippen molar-refractivity contribution in [2.24, 2.45) is 5.92 Å². The number of nitrogens with one attached hydrogen (secondary N) is 1. The van der Waals surface area contributed by atoms with Gasteiger partial charge < -0.3 is 10.2 Å². The second-order valence-electron chi connectivity index (χ2n) is 5.30. The monoisotopic (exact) mass is 283 g/mol. The van der Waals surface area contributed by atoms with E-state index in [0.29, 0.717) is 16.9 Å². The Labute approximate surface area is 120 Å². The Kier molecular flexibility index (Phi) is 4.82. The van der Waals surface area contributed by atoms with Gasteiger partial charge in [-0.25, -0.2) is 4.98 Å². The molecule has 0 spiro atoms. The minimum Gasteiger partial charge on any atom is -0.357 e. The molecule has 0 aliphatic carbocycles. The Morgan fingerprint density at radius 2 is 2.00 bits per heavy atom. The number of hydrogen-bond donors (Lipinski definition) is 1. The first-order valence-electron chi connectivity index (χ1n) is 6.77. The van der Waals surface area contributed by atoms with Crippen LogP contribution < -0.4 is 10.2 Å². The van der Waals surface area contributed by atoms with Crippen LogP contribution in [0.15, 0.2) is 6.20 Å². The maximum atomic E-state index is 6.20. The minimum atomic E-state index is 0.615. The van der Waals surface area contributed by atoms with Gasteiger partial charge in [-0.15, -0.1) is 0 Å². The van der Waals surface area contributed by atoms with Crippen molar-refractivity contribution in [3.8, 4) is 0 Å². The van der Waals surface area contributed by atoms with Crippen LogP contribution in [0.1, 0.15) is 13.8 Å². The zero-order valence-electron chi connectivity index (χ0n) is 11.9. The molecule has 0 unspecified atom stereocenters. The van der Waals surface area contributed by atoms with Gasteiger partial charge in [0.05, 0.1) is 6.20 Å². The summed E-state index contributed by atoms with van der Waals surface area (Å²) in [6.45, 7) is 9.73. The molecule has 1 aromatic heterocycles. The molecule has 1 N–H and O–H groups in total. The van der Waals surface area contributed by atoms with Crippen LogP contribution in [-0.2, 0) is 0 Å². The van der Waals surface area contributed by atoms with E-state index in [4.69, 9.17) is 11.6 Å². The van der Waals surface area contributed by atoms with Crippen LogP contribution in [0.2, 0.25) is 5.02 Å². The lowest BCUT2D eigenvalue weighted by Crippen LogP contribution is -2.47. The van der Waals surface area contributed by atoms with E-state index in [2.05, 4.69) is 38.9 Å². The largest absolute Gasteiger partial charge is 0.357 e. The third-order valence-corrected chi connectivity index (χ3v) is 3.51. The molecule has 1 fully saturated rings. The molecule has 1 saturated heterocycles. The molecular formula is C13H22ClN5. The van der Waals surface area contributed by atoms with Gasteiger partial charge in [0.15, 0.2) is 5.82 Å². The minimum absolute atomic E-state index is 0.615. The highest BCUT2D eigenvalue weighted by atomic mass is 35.5. The predicted octanol–water partition coefficient (Wildman–Crippen LogP) is 1.95. The third kappa shape index (κ3) is 3.70. The van der Waals surface area contributed by atoms with E-state index in [-0.39, 0.29) is 0 Å². The fourth-order valence-electron chi connectivity index (χ4n) is 2.36. The predicted molar refractivity (Wildman–Crippen MR) is 80.1 cm³/mol. The molecule has 0 bridgehead atoms. The van der Waals surface area contributed by atoms with E-state index in [0.717, 1.165) is 38.5 Å². The lowest BCUT2D eigenvalue weighted by Gasteiger charge is -2.36. The van der Waals surface area contributed by atoms with Crippen LogP contribution in [0, 0.1) is 5.92 Å². The van der Waals surface area contributed by atoms with Crippen molar-refractivity contribution in [3.05, 3.63) is 11.2 Å². The molecule has 6 heteroatoms. The first-order valence-corrected chi connectivity index (χ1v) is 7.15.